The summed E-state index contributed by atoms with van der Waals surface area (Å²) in [6, 6.07) is 15.2. The van der Waals surface area contributed by atoms with Crippen LogP contribution in [0, 0.1) is 6.92 Å². The number of rotatable bonds is 5. The number of benzene rings is 1. The number of carbonyl (C=O) groups is 1. The molecule has 1 aromatic carbocycles. The number of carbonyl (C=O) groups excluding carboxylic acids is 1. The summed E-state index contributed by atoms with van der Waals surface area (Å²) in [4.78, 5) is 30.5. The van der Waals surface area contributed by atoms with Gasteiger partial charge in [0, 0.05) is 55.9 Å². The molecule has 0 N–H and O–H groups in total. The van der Waals surface area contributed by atoms with E-state index in [1.54, 1.807) is 10.6 Å². The minimum Gasteiger partial charge on any atom is -0.487 e. The number of hydrogen-bond donors (Lipinski definition) is 0. The lowest BCUT2D eigenvalue weighted by atomic mass is 10.1. The van der Waals surface area contributed by atoms with Gasteiger partial charge in [0.05, 0.1) is 5.69 Å². The van der Waals surface area contributed by atoms with Gasteiger partial charge < -0.3 is 18.9 Å². The van der Waals surface area contributed by atoms with Gasteiger partial charge in [-0.05, 0) is 37.3 Å². The number of nitrogens with zero attached hydrogens (tertiary/aromatic N) is 8. The Morgan fingerprint density at radius 2 is 1.91 bits per heavy atom. The molecule has 1 fully saturated rings. The van der Waals surface area contributed by atoms with Gasteiger partial charge >= 0.3 is 0 Å². The molecule has 0 radical (unpaired) electrons. The summed E-state index contributed by atoms with van der Waals surface area (Å²) in [7, 11) is 0. The van der Waals surface area contributed by atoms with E-state index in [1.807, 2.05) is 71.1 Å². The fraction of sp³-hybridized carbons (Fsp3) is 0.240. The fourth-order valence-corrected chi connectivity index (χ4v) is 4.39. The maximum atomic E-state index is 13.2. The standard InChI is InChI=1S/C25H24N8O2/c1-18-13-23(33-25(28-18)26-17-27-33)30-9-11-31(12-10-30)24(34)19-5-4-6-21(14-19)35-16-20-15-32-8-3-2-7-22(32)29-20/h2-8,13-15,17H,9-12,16H2,1H3. The van der Waals surface area contributed by atoms with Crippen LogP contribution in [0.2, 0.25) is 0 Å². The highest BCUT2D eigenvalue weighted by molar-refractivity contribution is 5.94. The van der Waals surface area contributed by atoms with Crippen LogP contribution in [0.25, 0.3) is 11.4 Å². The molecule has 1 amide bonds. The van der Waals surface area contributed by atoms with Crippen LogP contribution in [0.1, 0.15) is 21.7 Å². The van der Waals surface area contributed by atoms with Crippen molar-refractivity contribution in [3.05, 3.63) is 84.2 Å². The van der Waals surface area contributed by atoms with Crippen LogP contribution in [0.4, 0.5) is 5.82 Å². The van der Waals surface area contributed by atoms with Crippen molar-refractivity contribution in [2.75, 3.05) is 31.1 Å². The van der Waals surface area contributed by atoms with Crippen LogP contribution in [0.15, 0.2) is 67.3 Å². The maximum Gasteiger partial charge on any atom is 0.254 e. The molecule has 6 rings (SSSR count). The van der Waals surface area contributed by atoms with Gasteiger partial charge in [-0.2, -0.15) is 14.6 Å². The second-order valence-electron chi connectivity index (χ2n) is 8.52. The summed E-state index contributed by atoms with van der Waals surface area (Å²) in [5.41, 5.74) is 3.21. The lowest BCUT2D eigenvalue weighted by Crippen LogP contribution is -2.49. The number of imidazole rings is 1. The lowest BCUT2D eigenvalue weighted by Gasteiger charge is -2.36. The molecule has 0 spiro atoms. The largest absolute Gasteiger partial charge is 0.487 e. The summed E-state index contributed by atoms with van der Waals surface area (Å²) in [6.07, 6.45) is 5.41. The Morgan fingerprint density at radius 1 is 1.03 bits per heavy atom. The highest BCUT2D eigenvalue weighted by Crippen LogP contribution is 2.21. The Morgan fingerprint density at radius 3 is 2.77 bits per heavy atom. The summed E-state index contributed by atoms with van der Waals surface area (Å²) in [5.74, 6) is 2.17. The van der Waals surface area contributed by atoms with Crippen molar-refractivity contribution in [1.29, 1.82) is 0 Å². The zero-order chi connectivity index (χ0) is 23.8. The van der Waals surface area contributed by atoms with E-state index in [-0.39, 0.29) is 5.91 Å². The van der Waals surface area contributed by atoms with Crippen LogP contribution >= 0.6 is 0 Å². The monoisotopic (exact) mass is 468 g/mol. The topological polar surface area (TPSA) is 93.2 Å². The Bertz CT molecular complexity index is 1480. The molecule has 0 unspecified atom stereocenters. The number of fused-ring (bicyclic) bond motifs is 2. The first-order valence-corrected chi connectivity index (χ1v) is 11.5. The second kappa shape index (κ2) is 8.71. The van der Waals surface area contributed by atoms with Gasteiger partial charge in [-0.1, -0.05) is 12.1 Å². The van der Waals surface area contributed by atoms with Crippen molar-refractivity contribution in [3.8, 4) is 5.75 Å². The van der Waals surface area contributed by atoms with Crippen LogP contribution in [0.5, 0.6) is 5.75 Å². The third-order valence-corrected chi connectivity index (χ3v) is 6.13. The molecule has 0 bridgehead atoms. The molecule has 5 aromatic rings. The summed E-state index contributed by atoms with van der Waals surface area (Å²) < 4.78 is 9.64. The summed E-state index contributed by atoms with van der Waals surface area (Å²) >= 11 is 0. The molecule has 1 aliphatic heterocycles. The highest BCUT2D eigenvalue weighted by atomic mass is 16.5. The zero-order valence-corrected chi connectivity index (χ0v) is 19.3. The van der Waals surface area contributed by atoms with E-state index in [9.17, 15) is 4.79 Å². The minimum atomic E-state index is -0.000332. The number of pyridine rings is 1. The third-order valence-electron chi connectivity index (χ3n) is 6.13. The van der Waals surface area contributed by atoms with Gasteiger partial charge in [0.1, 0.15) is 30.1 Å². The molecule has 0 aliphatic carbocycles. The van der Waals surface area contributed by atoms with Crippen LogP contribution in [-0.4, -0.2) is 66.0 Å². The number of aryl methyl sites for hydroxylation is 1. The van der Waals surface area contributed by atoms with Crippen molar-refractivity contribution >= 4 is 23.1 Å². The van der Waals surface area contributed by atoms with Crippen molar-refractivity contribution in [1.82, 2.24) is 33.9 Å². The number of anilines is 1. The molecular weight excluding hydrogens is 444 g/mol. The summed E-state index contributed by atoms with van der Waals surface area (Å²) in [6.45, 7) is 4.91. The zero-order valence-electron chi connectivity index (χ0n) is 19.3. The summed E-state index contributed by atoms with van der Waals surface area (Å²) in [5, 5.41) is 4.30. The van der Waals surface area contributed by atoms with E-state index >= 15 is 0 Å². The third kappa shape index (κ3) is 4.14. The van der Waals surface area contributed by atoms with Crippen LogP contribution < -0.4 is 9.64 Å². The number of piperazine rings is 1. The van der Waals surface area contributed by atoms with E-state index in [4.69, 9.17) is 4.74 Å². The van der Waals surface area contributed by atoms with Crippen molar-refractivity contribution < 1.29 is 9.53 Å². The van der Waals surface area contributed by atoms with Gasteiger partial charge in [-0.25, -0.2) is 9.97 Å². The lowest BCUT2D eigenvalue weighted by molar-refractivity contribution is 0.0746. The van der Waals surface area contributed by atoms with Gasteiger partial charge in [0.2, 0.25) is 0 Å². The van der Waals surface area contributed by atoms with E-state index in [0.29, 0.717) is 49.9 Å². The van der Waals surface area contributed by atoms with Gasteiger partial charge in [-0.3, -0.25) is 4.79 Å². The van der Waals surface area contributed by atoms with Crippen molar-refractivity contribution in [2.45, 2.75) is 13.5 Å². The molecule has 4 aromatic heterocycles. The SMILES string of the molecule is Cc1cc(N2CCN(C(=O)c3cccc(OCc4cn5ccccc5n4)c3)CC2)n2ncnc2n1. The number of amides is 1. The predicted molar refractivity (Wildman–Crippen MR) is 130 cm³/mol. The number of hydrogen-bond acceptors (Lipinski definition) is 7. The average molecular weight is 469 g/mol. The average Bonchev–Trinajstić information content (AvgIpc) is 3.53. The molecule has 10 heteroatoms. The molecule has 1 aliphatic rings. The maximum absolute atomic E-state index is 13.2. The minimum absolute atomic E-state index is 0.000332. The fourth-order valence-electron chi connectivity index (χ4n) is 4.39. The quantitative estimate of drug-likeness (QED) is 0.391. The van der Waals surface area contributed by atoms with E-state index < -0.39 is 0 Å². The Kier molecular flexibility index (Phi) is 5.25. The predicted octanol–water partition coefficient (Wildman–Crippen LogP) is 2.62. The van der Waals surface area contributed by atoms with Crippen LogP contribution in [-0.2, 0) is 6.61 Å². The van der Waals surface area contributed by atoms with Gasteiger partial charge in [0.25, 0.3) is 11.7 Å². The first kappa shape index (κ1) is 21.1. The van der Waals surface area contributed by atoms with E-state index in [2.05, 4.69) is 25.0 Å². The number of aromatic nitrogens is 6. The smallest absolute Gasteiger partial charge is 0.254 e. The number of ether oxygens (including phenoxy) is 1. The molecule has 35 heavy (non-hydrogen) atoms. The van der Waals surface area contributed by atoms with Gasteiger partial charge in [-0.15, -0.1) is 0 Å². The van der Waals surface area contributed by atoms with E-state index in [0.717, 1.165) is 22.9 Å². The molecule has 10 nitrogen and oxygen atoms in total. The normalized spacial score (nSPS) is 14.1. The van der Waals surface area contributed by atoms with Crippen LogP contribution in [0.3, 0.4) is 0 Å². The molecule has 0 saturated carbocycles. The molecule has 176 valence electrons. The van der Waals surface area contributed by atoms with Crippen molar-refractivity contribution in [2.24, 2.45) is 0 Å². The second-order valence-corrected chi connectivity index (χ2v) is 8.52. The first-order valence-electron chi connectivity index (χ1n) is 11.5. The van der Waals surface area contributed by atoms with Crippen molar-refractivity contribution in [3.63, 3.8) is 0 Å². The van der Waals surface area contributed by atoms with Gasteiger partial charge in [0.15, 0.2) is 0 Å². The van der Waals surface area contributed by atoms with E-state index in [1.165, 1.54) is 6.33 Å². The Balaban J connectivity index is 1.11. The highest BCUT2D eigenvalue weighted by Gasteiger charge is 2.24. The molecule has 5 heterocycles. The molecule has 1 saturated heterocycles. The Hall–Kier alpha value is -4.47. The molecule has 0 atom stereocenters. The first-order chi connectivity index (χ1) is 17.1. The molecular formula is C25H24N8O2. The Labute approximate surface area is 201 Å².